The van der Waals surface area contributed by atoms with Gasteiger partial charge in [-0.05, 0) is 24.7 Å². The van der Waals surface area contributed by atoms with Crippen molar-refractivity contribution < 1.29 is 0 Å². The van der Waals surface area contributed by atoms with Crippen molar-refractivity contribution in [3.05, 3.63) is 25.3 Å². The summed E-state index contributed by atoms with van der Waals surface area (Å²) >= 11 is 0. The van der Waals surface area contributed by atoms with E-state index in [1.165, 1.54) is 38.5 Å². The summed E-state index contributed by atoms with van der Waals surface area (Å²) in [6.45, 7) is 7.81. The van der Waals surface area contributed by atoms with Gasteiger partial charge >= 0.3 is 0 Å². The highest BCUT2D eigenvalue weighted by atomic mass is 14.2. The Morgan fingerprint density at radius 3 is 1.50 bits per heavy atom. The van der Waals surface area contributed by atoms with Crippen LogP contribution in [-0.2, 0) is 0 Å². The molecule has 0 N–H and O–H groups in total. The fourth-order valence-electron chi connectivity index (χ4n) is 2.13. The van der Waals surface area contributed by atoms with Gasteiger partial charge in [0, 0.05) is 0 Å². The van der Waals surface area contributed by atoms with E-state index in [-0.39, 0.29) is 0 Å². The van der Waals surface area contributed by atoms with Crippen molar-refractivity contribution in [1.29, 1.82) is 0 Å². The van der Waals surface area contributed by atoms with Gasteiger partial charge in [0.15, 0.2) is 0 Å². The molecule has 68 valence electrons. The maximum Gasteiger partial charge on any atom is -0.0173 e. The molecular formula is C12H20. The summed E-state index contributed by atoms with van der Waals surface area (Å²) in [6.07, 6.45) is 12.5. The molecule has 12 heavy (non-hydrogen) atoms. The maximum atomic E-state index is 3.91. The molecule has 1 fully saturated rings. The zero-order valence-corrected chi connectivity index (χ0v) is 7.97. The van der Waals surface area contributed by atoms with E-state index in [9.17, 15) is 0 Å². The fourth-order valence-corrected chi connectivity index (χ4v) is 2.13. The quantitative estimate of drug-likeness (QED) is 0.542. The van der Waals surface area contributed by atoms with Gasteiger partial charge in [-0.2, -0.15) is 0 Å². The van der Waals surface area contributed by atoms with Crippen LogP contribution in [0.4, 0.5) is 0 Å². The molecule has 0 amide bonds. The first-order valence-corrected chi connectivity index (χ1v) is 5.13. The topological polar surface area (TPSA) is 0 Å². The number of hydrogen-bond acceptors (Lipinski definition) is 0. The predicted molar refractivity (Wildman–Crippen MR) is 55.1 cm³/mol. The first-order valence-electron chi connectivity index (χ1n) is 5.13. The van der Waals surface area contributed by atoms with Crippen LogP contribution in [0.2, 0.25) is 0 Å². The van der Waals surface area contributed by atoms with E-state index in [1.807, 2.05) is 0 Å². The minimum atomic E-state index is 0.697. The Hall–Kier alpha value is -0.520. The van der Waals surface area contributed by atoms with Crippen molar-refractivity contribution in [2.24, 2.45) is 11.8 Å². The van der Waals surface area contributed by atoms with Crippen LogP contribution in [-0.4, -0.2) is 0 Å². The minimum absolute atomic E-state index is 0.697. The van der Waals surface area contributed by atoms with Crippen molar-refractivity contribution in [1.82, 2.24) is 0 Å². The second-order valence-electron chi connectivity index (χ2n) is 3.79. The van der Waals surface area contributed by atoms with Gasteiger partial charge in [-0.25, -0.2) is 0 Å². The summed E-state index contributed by atoms with van der Waals surface area (Å²) < 4.78 is 0. The average Bonchev–Trinajstić information content (AvgIpc) is 2.05. The third-order valence-corrected chi connectivity index (χ3v) is 2.98. The smallest absolute Gasteiger partial charge is 0.0173 e. The standard InChI is InChI=1S/C12H20/c1-3-11-9-7-5-6-8-10-12(11)4-2/h3-4,11-12H,1-2,5-10H2. The second kappa shape index (κ2) is 5.18. The van der Waals surface area contributed by atoms with Crippen molar-refractivity contribution in [3.63, 3.8) is 0 Å². The SMILES string of the molecule is C=CC1CCCCCCC1C=C. The van der Waals surface area contributed by atoms with Crippen LogP contribution in [0.1, 0.15) is 38.5 Å². The van der Waals surface area contributed by atoms with E-state index in [2.05, 4.69) is 25.3 Å². The van der Waals surface area contributed by atoms with Gasteiger partial charge in [-0.3, -0.25) is 0 Å². The van der Waals surface area contributed by atoms with Crippen molar-refractivity contribution in [2.45, 2.75) is 38.5 Å². The highest BCUT2D eigenvalue weighted by molar-refractivity contribution is 4.93. The summed E-state index contributed by atoms with van der Waals surface area (Å²) in [4.78, 5) is 0. The molecule has 0 aromatic rings. The lowest BCUT2D eigenvalue weighted by atomic mass is 9.82. The lowest BCUT2D eigenvalue weighted by molar-refractivity contribution is 0.361. The third kappa shape index (κ3) is 2.51. The van der Waals surface area contributed by atoms with E-state index < -0.39 is 0 Å². The zero-order valence-electron chi connectivity index (χ0n) is 7.97. The van der Waals surface area contributed by atoms with Crippen LogP contribution < -0.4 is 0 Å². The molecule has 1 aliphatic carbocycles. The Bertz CT molecular complexity index is 128. The predicted octanol–water partition coefficient (Wildman–Crippen LogP) is 3.95. The summed E-state index contributed by atoms with van der Waals surface area (Å²) in [6, 6.07) is 0. The molecular weight excluding hydrogens is 144 g/mol. The van der Waals surface area contributed by atoms with Gasteiger partial charge in [-0.15, -0.1) is 13.2 Å². The summed E-state index contributed by atoms with van der Waals surface area (Å²) in [5, 5.41) is 0. The normalized spacial score (nSPS) is 31.7. The molecule has 1 rings (SSSR count). The monoisotopic (exact) mass is 164 g/mol. The molecule has 0 radical (unpaired) electrons. The molecule has 2 atom stereocenters. The third-order valence-electron chi connectivity index (χ3n) is 2.98. The van der Waals surface area contributed by atoms with Crippen LogP contribution in [0.3, 0.4) is 0 Å². The average molecular weight is 164 g/mol. The molecule has 0 spiro atoms. The number of hydrogen-bond donors (Lipinski definition) is 0. The molecule has 2 unspecified atom stereocenters. The first-order chi connectivity index (χ1) is 5.88. The molecule has 0 saturated heterocycles. The molecule has 0 aliphatic heterocycles. The van der Waals surface area contributed by atoms with Crippen molar-refractivity contribution in [2.75, 3.05) is 0 Å². The fraction of sp³-hybridized carbons (Fsp3) is 0.667. The molecule has 0 aromatic heterocycles. The van der Waals surface area contributed by atoms with E-state index in [1.54, 1.807) is 0 Å². The second-order valence-corrected chi connectivity index (χ2v) is 3.79. The lowest BCUT2D eigenvalue weighted by Crippen LogP contribution is -2.12. The molecule has 0 heteroatoms. The van der Waals surface area contributed by atoms with Crippen molar-refractivity contribution in [3.8, 4) is 0 Å². The number of allylic oxidation sites excluding steroid dienone is 2. The number of rotatable bonds is 2. The van der Waals surface area contributed by atoms with Crippen LogP contribution in [0.5, 0.6) is 0 Å². The van der Waals surface area contributed by atoms with E-state index in [0.717, 1.165) is 0 Å². The molecule has 1 saturated carbocycles. The Labute approximate surface area is 76.4 Å². The van der Waals surface area contributed by atoms with Gasteiger partial charge in [0.25, 0.3) is 0 Å². The van der Waals surface area contributed by atoms with Gasteiger partial charge in [-0.1, -0.05) is 37.8 Å². The largest absolute Gasteiger partial charge is 0.103 e. The van der Waals surface area contributed by atoms with Gasteiger partial charge < -0.3 is 0 Å². The zero-order chi connectivity index (χ0) is 8.81. The van der Waals surface area contributed by atoms with Gasteiger partial charge in [0.05, 0.1) is 0 Å². The van der Waals surface area contributed by atoms with Crippen LogP contribution in [0.25, 0.3) is 0 Å². The summed E-state index contributed by atoms with van der Waals surface area (Å²) in [5.41, 5.74) is 0. The Morgan fingerprint density at radius 2 is 1.17 bits per heavy atom. The summed E-state index contributed by atoms with van der Waals surface area (Å²) in [7, 11) is 0. The lowest BCUT2D eigenvalue weighted by Gasteiger charge is -2.23. The molecule has 0 nitrogen and oxygen atoms in total. The van der Waals surface area contributed by atoms with Crippen LogP contribution >= 0.6 is 0 Å². The van der Waals surface area contributed by atoms with E-state index in [4.69, 9.17) is 0 Å². The molecule has 0 aromatic carbocycles. The Balaban J connectivity index is 2.50. The molecule has 0 bridgehead atoms. The van der Waals surface area contributed by atoms with Crippen molar-refractivity contribution >= 4 is 0 Å². The van der Waals surface area contributed by atoms with Crippen LogP contribution in [0, 0.1) is 11.8 Å². The Morgan fingerprint density at radius 1 is 0.750 bits per heavy atom. The van der Waals surface area contributed by atoms with Gasteiger partial charge in [0.1, 0.15) is 0 Å². The first kappa shape index (κ1) is 9.57. The Kier molecular flexibility index (Phi) is 4.13. The van der Waals surface area contributed by atoms with E-state index in [0.29, 0.717) is 11.8 Å². The van der Waals surface area contributed by atoms with Gasteiger partial charge in [0.2, 0.25) is 0 Å². The molecule has 1 aliphatic rings. The maximum absolute atomic E-state index is 3.91. The summed E-state index contributed by atoms with van der Waals surface area (Å²) in [5.74, 6) is 1.39. The highest BCUT2D eigenvalue weighted by Gasteiger charge is 2.16. The van der Waals surface area contributed by atoms with E-state index >= 15 is 0 Å². The highest BCUT2D eigenvalue weighted by Crippen LogP contribution is 2.29. The minimum Gasteiger partial charge on any atom is -0.103 e. The van der Waals surface area contributed by atoms with Crippen LogP contribution in [0.15, 0.2) is 25.3 Å². The molecule has 0 heterocycles.